The maximum absolute atomic E-state index is 13.7. The first kappa shape index (κ1) is 16.0. The van der Waals surface area contributed by atoms with Crippen molar-refractivity contribution in [2.75, 3.05) is 0 Å². The van der Waals surface area contributed by atoms with Gasteiger partial charge in [-0.25, -0.2) is 0 Å². The molecule has 0 aromatic heterocycles. The average Bonchev–Trinajstić information content (AvgIpc) is 3.23. The number of hydrogen-bond acceptors (Lipinski definition) is 1. The molecule has 1 heteroatoms. The molecule has 130 valence electrons. The number of carbonyl (C=O) groups is 1. The molecule has 0 heterocycles. The van der Waals surface area contributed by atoms with E-state index in [9.17, 15) is 4.79 Å². The van der Waals surface area contributed by atoms with E-state index in [-0.39, 0.29) is 5.78 Å². The van der Waals surface area contributed by atoms with Crippen molar-refractivity contribution in [2.45, 2.75) is 19.3 Å². The molecular formula is C26H20O. The van der Waals surface area contributed by atoms with Crippen LogP contribution in [-0.4, -0.2) is 5.78 Å². The molecule has 0 saturated heterocycles. The van der Waals surface area contributed by atoms with Crippen LogP contribution < -0.4 is 0 Å². The minimum Gasteiger partial charge on any atom is -0.289 e. The zero-order valence-electron chi connectivity index (χ0n) is 15.1. The largest absolute Gasteiger partial charge is 0.289 e. The van der Waals surface area contributed by atoms with E-state index in [1.807, 2.05) is 42.5 Å². The van der Waals surface area contributed by atoms with Gasteiger partial charge in [-0.15, -0.1) is 0 Å². The van der Waals surface area contributed by atoms with E-state index in [0.717, 1.165) is 46.9 Å². The Morgan fingerprint density at radius 3 is 1.96 bits per heavy atom. The van der Waals surface area contributed by atoms with Crippen molar-refractivity contribution < 1.29 is 4.79 Å². The summed E-state index contributed by atoms with van der Waals surface area (Å²) >= 11 is 0. The van der Waals surface area contributed by atoms with Gasteiger partial charge in [0.25, 0.3) is 0 Å². The van der Waals surface area contributed by atoms with Gasteiger partial charge in [-0.2, -0.15) is 0 Å². The summed E-state index contributed by atoms with van der Waals surface area (Å²) in [6.07, 6.45) is 3.29. The molecule has 0 saturated carbocycles. The second-order valence-corrected chi connectivity index (χ2v) is 7.17. The van der Waals surface area contributed by atoms with Gasteiger partial charge < -0.3 is 0 Å². The molecule has 1 aliphatic carbocycles. The Balaban J connectivity index is 1.91. The van der Waals surface area contributed by atoms with Crippen LogP contribution in [0.2, 0.25) is 0 Å². The molecule has 0 amide bonds. The molecule has 0 atom stereocenters. The summed E-state index contributed by atoms with van der Waals surface area (Å²) in [5.74, 6) is 0.111. The number of rotatable bonds is 3. The summed E-state index contributed by atoms with van der Waals surface area (Å²) in [5.41, 5.74) is 6.66. The van der Waals surface area contributed by atoms with Crippen LogP contribution in [0, 0.1) is 0 Å². The summed E-state index contributed by atoms with van der Waals surface area (Å²) in [4.78, 5) is 13.7. The topological polar surface area (TPSA) is 17.1 Å². The number of ketones is 1. The monoisotopic (exact) mass is 348 g/mol. The van der Waals surface area contributed by atoms with E-state index >= 15 is 0 Å². The quantitative estimate of drug-likeness (QED) is 0.401. The molecule has 0 unspecified atom stereocenters. The standard InChI is InChI=1S/C26H20O/c27-26(19-12-5-2-6-13-19)25-23-15-8-7-14-20(23)21-16-9-17-22(21)24(25)18-10-3-1-4-11-18/h1-8,10-15H,9,16-17H2. The molecular weight excluding hydrogens is 328 g/mol. The second kappa shape index (κ2) is 6.51. The Morgan fingerprint density at radius 1 is 0.630 bits per heavy atom. The highest BCUT2D eigenvalue weighted by Crippen LogP contribution is 2.42. The van der Waals surface area contributed by atoms with Gasteiger partial charge in [0.15, 0.2) is 5.78 Å². The summed E-state index contributed by atoms with van der Waals surface area (Å²) < 4.78 is 0. The van der Waals surface area contributed by atoms with Crippen LogP contribution in [0.4, 0.5) is 0 Å². The van der Waals surface area contributed by atoms with Crippen molar-refractivity contribution in [2.24, 2.45) is 0 Å². The molecule has 0 bridgehead atoms. The Morgan fingerprint density at radius 2 is 1.22 bits per heavy atom. The van der Waals surface area contributed by atoms with Gasteiger partial charge >= 0.3 is 0 Å². The van der Waals surface area contributed by atoms with Crippen LogP contribution in [0.1, 0.15) is 33.5 Å². The number of hydrogen-bond donors (Lipinski definition) is 0. The van der Waals surface area contributed by atoms with Crippen molar-refractivity contribution in [3.8, 4) is 11.1 Å². The molecule has 1 nitrogen and oxygen atoms in total. The summed E-state index contributed by atoms with van der Waals surface area (Å²) in [6, 6.07) is 28.5. The van der Waals surface area contributed by atoms with Gasteiger partial charge in [-0.1, -0.05) is 84.9 Å². The molecule has 4 aromatic rings. The Bertz CT molecular complexity index is 1140. The first-order valence-corrected chi connectivity index (χ1v) is 9.56. The molecule has 0 radical (unpaired) electrons. The minimum atomic E-state index is 0.111. The summed E-state index contributed by atoms with van der Waals surface area (Å²) in [7, 11) is 0. The lowest BCUT2D eigenvalue weighted by molar-refractivity contribution is 0.104. The van der Waals surface area contributed by atoms with Gasteiger partial charge in [0.2, 0.25) is 0 Å². The molecule has 0 fully saturated rings. The van der Waals surface area contributed by atoms with Crippen molar-refractivity contribution in [3.63, 3.8) is 0 Å². The predicted molar refractivity (Wildman–Crippen MR) is 111 cm³/mol. The Labute approximate surface area is 159 Å². The normalized spacial score (nSPS) is 12.9. The van der Waals surface area contributed by atoms with E-state index in [4.69, 9.17) is 0 Å². The highest BCUT2D eigenvalue weighted by atomic mass is 16.1. The Kier molecular flexibility index (Phi) is 3.86. The van der Waals surface area contributed by atoms with Gasteiger partial charge in [-0.3, -0.25) is 4.79 Å². The van der Waals surface area contributed by atoms with Crippen LogP contribution in [0.5, 0.6) is 0 Å². The maximum atomic E-state index is 13.7. The number of aryl methyl sites for hydroxylation is 1. The van der Waals surface area contributed by atoms with Crippen LogP contribution >= 0.6 is 0 Å². The van der Waals surface area contributed by atoms with E-state index in [2.05, 4.69) is 42.5 Å². The number of fused-ring (bicyclic) bond motifs is 3. The fourth-order valence-corrected chi connectivity index (χ4v) is 4.46. The predicted octanol–water partition coefficient (Wildman–Crippen LogP) is 6.23. The molecule has 4 aromatic carbocycles. The molecule has 5 rings (SSSR count). The molecule has 0 spiro atoms. The Hall–Kier alpha value is -3.19. The second-order valence-electron chi connectivity index (χ2n) is 7.17. The first-order chi connectivity index (χ1) is 13.3. The average molecular weight is 348 g/mol. The van der Waals surface area contributed by atoms with Gasteiger partial charge in [-0.05, 0) is 52.3 Å². The fourth-order valence-electron chi connectivity index (χ4n) is 4.46. The van der Waals surface area contributed by atoms with E-state index in [1.54, 1.807) is 0 Å². The third kappa shape index (κ3) is 2.59. The molecule has 1 aliphatic rings. The van der Waals surface area contributed by atoms with E-state index < -0.39 is 0 Å². The van der Waals surface area contributed by atoms with Crippen LogP contribution in [0.25, 0.3) is 21.9 Å². The van der Waals surface area contributed by atoms with Crippen molar-refractivity contribution >= 4 is 16.6 Å². The number of benzene rings is 4. The zero-order valence-corrected chi connectivity index (χ0v) is 15.1. The van der Waals surface area contributed by atoms with Crippen molar-refractivity contribution in [1.29, 1.82) is 0 Å². The summed E-state index contributed by atoms with van der Waals surface area (Å²) in [5, 5.41) is 2.31. The van der Waals surface area contributed by atoms with E-state index in [1.165, 1.54) is 16.5 Å². The fraction of sp³-hybridized carbons (Fsp3) is 0.115. The van der Waals surface area contributed by atoms with Crippen LogP contribution in [0.15, 0.2) is 84.9 Å². The van der Waals surface area contributed by atoms with Crippen LogP contribution in [0.3, 0.4) is 0 Å². The molecule has 0 N–H and O–H groups in total. The number of carbonyl (C=O) groups excluding carboxylic acids is 1. The highest BCUT2D eigenvalue weighted by molar-refractivity contribution is 6.21. The van der Waals surface area contributed by atoms with Crippen molar-refractivity contribution in [1.82, 2.24) is 0 Å². The van der Waals surface area contributed by atoms with Gasteiger partial charge in [0, 0.05) is 11.1 Å². The minimum absolute atomic E-state index is 0.111. The molecule has 27 heavy (non-hydrogen) atoms. The molecule has 0 aliphatic heterocycles. The smallest absolute Gasteiger partial charge is 0.194 e. The zero-order chi connectivity index (χ0) is 18.2. The lowest BCUT2D eigenvalue weighted by Crippen LogP contribution is -2.08. The lowest BCUT2D eigenvalue weighted by Gasteiger charge is -2.19. The van der Waals surface area contributed by atoms with Gasteiger partial charge in [0.05, 0.1) is 0 Å². The first-order valence-electron chi connectivity index (χ1n) is 9.56. The SMILES string of the molecule is O=C(c1ccccc1)c1c(-c2ccccc2)c2c(c3ccccc13)CCC2. The lowest BCUT2D eigenvalue weighted by atomic mass is 9.84. The third-order valence-electron chi connectivity index (χ3n) is 5.62. The summed E-state index contributed by atoms with van der Waals surface area (Å²) in [6.45, 7) is 0. The van der Waals surface area contributed by atoms with Crippen molar-refractivity contribution in [3.05, 3.63) is 107 Å². The van der Waals surface area contributed by atoms with Gasteiger partial charge in [0.1, 0.15) is 0 Å². The highest BCUT2D eigenvalue weighted by Gasteiger charge is 2.26. The third-order valence-corrected chi connectivity index (χ3v) is 5.62. The van der Waals surface area contributed by atoms with E-state index in [0.29, 0.717) is 0 Å². The van der Waals surface area contributed by atoms with Crippen LogP contribution in [-0.2, 0) is 12.8 Å². The maximum Gasteiger partial charge on any atom is 0.194 e.